The SMILES string of the molecule is O=C(NCCCCc1ccccc1)N1CCOC1=O. The van der Waals surface area contributed by atoms with Crippen molar-refractivity contribution >= 4 is 12.1 Å². The summed E-state index contributed by atoms with van der Waals surface area (Å²) in [7, 11) is 0. The van der Waals surface area contributed by atoms with E-state index in [1.165, 1.54) is 5.56 Å². The van der Waals surface area contributed by atoms with Crippen LogP contribution in [0.4, 0.5) is 9.59 Å². The number of hydrogen-bond donors (Lipinski definition) is 1. The van der Waals surface area contributed by atoms with Crippen LogP contribution >= 0.6 is 0 Å². The molecule has 1 aliphatic heterocycles. The highest BCUT2D eigenvalue weighted by atomic mass is 16.6. The molecule has 5 heteroatoms. The smallest absolute Gasteiger partial charge is 0.418 e. The lowest BCUT2D eigenvalue weighted by atomic mass is 10.1. The third-order valence-electron chi connectivity index (χ3n) is 3.02. The van der Waals surface area contributed by atoms with Crippen molar-refractivity contribution in [3.8, 4) is 0 Å². The number of unbranched alkanes of at least 4 members (excludes halogenated alkanes) is 1. The molecule has 0 aliphatic carbocycles. The van der Waals surface area contributed by atoms with E-state index in [-0.39, 0.29) is 6.03 Å². The Morgan fingerprint density at radius 1 is 1.26 bits per heavy atom. The number of nitrogens with zero attached hydrogens (tertiary/aromatic N) is 1. The average molecular weight is 262 g/mol. The summed E-state index contributed by atoms with van der Waals surface area (Å²) < 4.78 is 4.70. The summed E-state index contributed by atoms with van der Waals surface area (Å²) in [4.78, 5) is 23.8. The number of carbonyl (C=O) groups is 2. The van der Waals surface area contributed by atoms with Crippen molar-refractivity contribution in [2.24, 2.45) is 0 Å². The lowest BCUT2D eigenvalue weighted by Crippen LogP contribution is -2.40. The van der Waals surface area contributed by atoms with Crippen molar-refractivity contribution in [3.63, 3.8) is 0 Å². The number of hydrogen-bond acceptors (Lipinski definition) is 3. The first-order valence-electron chi connectivity index (χ1n) is 6.53. The Labute approximate surface area is 112 Å². The second kappa shape index (κ2) is 6.78. The number of cyclic esters (lactones) is 1. The van der Waals surface area contributed by atoms with Crippen molar-refractivity contribution in [2.45, 2.75) is 19.3 Å². The highest BCUT2D eigenvalue weighted by Crippen LogP contribution is 2.05. The first-order chi connectivity index (χ1) is 9.27. The fraction of sp³-hybridized carbons (Fsp3) is 0.429. The molecule has 0 radical (unpaired) electrons. The lowest BCUT2D eigenvalue weighted by Gasteiger charge is -2.11. The van der Waals surface area contributed by atoms with Crippen LogP contribution in [0.5, 0.6) is 0 Å². The molecule has 0 spiro atoms. The van der Waals surface area contributed by atoms with E-state index >= 15 is 0 Å². The Kier molecular flexibility index (Phi) is 4.78. The van der Waals surface area contributed by atoms with Crippen LogP contribution < -0.4 is 5.32 Å². The van der Waals surface area contributed by atoms with Gasteiger partial charge in [0.2, 0.25) is 0 Å². The standard InChI is InChI=1S/C14H18N2O3/c17-13(16-10-11-19-14(16)18)15-9-5-4-8-12-6-2-1-3-7-12/h1-3,6-7H,4-5,8-11H2,(H,15,17). The molecular weight excluding hydrogens is 244 g/mol. The van der Waals surface area contributed by atoms with Crippen molar-refractivity contribution in [2.75, 3.05) is 19.7 Å². The van der Waals surface area contributed by atoms with Crippen LogP contribution in [0.2, 0.25) is 0 Å². The quantitative estimate of drug-likeness (QED) is 0.827. The van der Waals surface area contributed by atoms with Gasteiger partial charge < -0.3 is 10.1 Å². The van der Waals surface area contributed by atoms with Crippen molar-refractivity contribution in [1.29, 1.82) is 0 Å². The van der Waals surface area contributed by atoms with Crippen LogP contribution in [0.1, 0.15) is 18.4 Å². The van der Waals surface area contributed by atoms with Gasteiger partial charge in [-0.15, -0.1) is 0 Å². The van der Waals surface area contributed by atoms with Crippen molar-refractivity contribution in [1.82, 2.24) is 10.2 Å². The minimum Gasteiger partial charge on any atom is -0.447 e. The van der Waals surface area contributed by atoms with Crippen LogP contribution in [-0.2, 0) is 11.2 Å². The van der Waals surface area contributed by atoms with E-state index in [2.05, 4.69) is 17.4 Å². The summed E-state index contributed by atoms with van der Waals surface area (Å²) in [6, 6.07) is 9.88. The van der Waals surface area contributed by atoms with Gasteiger partial charge in [0.15, 0.2) is 0 Å². The molecule has 0 atom stereocenters. The zero-order valence-electron chi connectivity index (χ0n) is 10.8. The van der Waals surface area contributed by atoms with Gasteiger partial charge in [-0.05, 0) is 24.8 Å². The summed E-state index contributed by atoms with van der Waals surface area (Å²) in [5.41, 5.74) is 1.30. The second-order valence-corrected chi connectivity index (χ2v) is 4.44. The Bertz CT molecular complexity index is 434. The number of carbonyl (C=O) groups excluding carboxylic acids is 2. The molecule has 0 saturated carbocycles. The normalized spacial score (nSPS) is 14.3. The molecular formula is C14H18N2O3. The van der Waals surface area contributed by atoms with E-state index in [9.17, 15) is 9.59 Å². The Morgan fingerprint density at radius 2 is 2.05 bits per heavy atom. The number of aryl methyl sites for hydroxylation is 1. The maximum Gasteiger partial charge on any atom is 0.418 e. The number of nitrogens with one attached hydrogen (secondary N) is 1. The van der Waals surface area contributed by atoms with Gasteiger partial charge >= 0.3 is 12.1 Å². The van der Waals surface area contributed by atoms with Gasteiger partial charge in [0.05, 0.1) is 6.54 Å². The number of benzene rings is 1. The topological polar surface area (TPSA) is 58.6 Å². The summed E-state index contributed by atoms with van der Waals surface area (Å²) in [5, 5.41) is 2.73. The van der Waals surface area contributed by atoms with Crippen molar-refractivity contribution < 1.29 is 14.3 Å². The number of ether oxygens (including phenoxy) is 1. The zero-order chi connectivity index (χ0) is 13.5. The maximum atomic E-state index is 11.6. The third kappa shape index (κ3) is 3.98. The monoisotopic (exact) mass is 262 g/mol. The molecule has 1 N–H and O–H groups in total. The molecule has 0 unspecified atom stereocenters. The number of urea groups is 1. The predicted octanol–water partition coefficient (Wildman–Crippen LogP) is 2.17. The van der Waals surface area contributed by atoms with Gasteiger partial charge in [-0.2, -0.15) is 0 Å². The predicted molar refractivity (Wildman–Crippen MR) is 70.8 cm³/mol. The van der Waals surface area contributed by atoms with Gasteiger partial charge in [0, 0.05) is 6.54 Å². The average Bonchev–Trinajstić information content (AvgIpc) is 2.86. The largest absolute Gasteiger partial charge is 0.447 e. The molecule has 2 rings (SSSR count). The van der Waals surface area contributed by atoms with E-state index in [4.69, 9.17) is 4.74 Å². The van der Waals surface area contributed by atoms with E-state index in [0.29, 0.717) is 19.7 Å². The third-order valence-corrected chi connectivity index (χ3v) is 3.02. The Morgan fingerprint density at radius 3 is 2.74 bits per heavy atom. The molecule has 0 aromatic heterocycles. The Balaban J connectivity index is 1.59. The van der Waals surface area contributed by atoms with Gasteiger partial charge in [-0.25, -0.2) is 14.5 Å². The molecule has 1 heterocycles. The minimum atomic E-state index is -0.554. The van der Waals surface area contributed by atoms with Gasteiger partial charge in [-0.3, -0.25) is 0 Å². The van der Waals surface area contributed by atoms with E-state index < -0.39 is 6.09 Å². The Hall–Kier alpha value is -2.04. The summed E-state index contributed by atoms with van der Waals surface area (Å²) in [6.45, 7) is 1.21. The molecule has 1 aromatic carbocycles. The summed E-state index contributed by atoms with van der Waals surface area (Å²) in [6.07, 6.45) is 2.35. The first kappa shape index (κ1) is 13.4. The van der Waals surface area contributed by atoms with Gasteiger partial charge in [0.25, 0.3) is 0 Å². The summed E-state index contributed by atoms with van der Waals surface area (Å²) in [5.74, 6) is 0. The second-order valence-electron chi connectivity index (χ2n) is 4.44. The highest BCUT2D eigenvalue weighted by molar-refractivity contribution is 5.91. The fourth-order valence-electron chi connectivity index (χ4n) is 1.97. The van der Waals surface area contributed by atoms with Crippen molar-refractivity contribution in [3.05, 3.63) is 35.9 Å². The van der Waals surface area contributed by atoms with Crippen LogP contribution in [0.25, 0.3) is 0 Å². The van der Waals surface area contributed by atoms with Crippen LogP contribution in [0.15, 0.2) is 30.3 Å². The molecule has 102 valence electrons. The minimum absolute atomic E-state index is 0.292. The fourth-order valence-corrected chi connectivity index (χ4v) is 1.97. The lowest BCUT2D eigenvalue weighted by molar-refractivity contribution is 0.158. The van der Waals surface area contributed by atoms with Gasteiger partial charge in [0.1, 0.15) is 6.61 Å². The molecule has 1 aromatic rings. The molecule has 1 fully saturated rings. The molecule has 1 aliphatic rings. The van der Waals surface area contributed by atoms with E-state index in [1.807, 2.05) is 18.2 Å². The maximum absolute atomic E-state index is 11.6. The summed E-state index contributed by atoms with van der Waals surface area (Å²) >= 11 is 0. The number of imide groups is 1. The van der Waals surface area contributed by atoms with E-state index in [1.54, 1.807) is 0 Å². The first-order valence-corrected chi connectivity index (χ1v) is 6.53. The molecule has 0 bridgehead atoms. The molecule has 1 saturated heterocycles. The van der Waals surface area contributed by atoms with Gasteiger partial charge in [-0.1, -0.05) is 30.3 Å². The number of rotatable bonds is 5. The van der Waals surface area contributed by atoms with Crippen LogP contribution in [0.3, 0.4) is 0 Å². The molecule has 3 amide bonds. The van der Waals surface area contributed by atoms with E-state index in [0.717, 1.165) is 24.2 Å². The highest BCUT2D eigenvalue weighted by Gasteiger charge is 2.27. The zero-order valence-corrected chi connectivity index (χ0v) is 10.8. The molecule has 19 heavy (non-hydrogen) atoms. The van der Waals surface area contributed by atoms with Crippen LogP contribution in [-0.4, -0.2) is 36.7 Å². The molecule has 5 nitrogen and oxygen atoms in total. The van der Waals surface area contributed by atoms with Crippen LogP contribution in [0, 0.1) is 0 Å². The number of amides is 3.